The highest BCUT2D eigenvalue weighted by molar-refractivity contribution is 7.10. The lowest BCUT2D eigenvalue weighted by molar-refractivity contribution is -0.142. The number of thiophene rings is 1. The minimum Gasteiger partial charge on any atom is -0.479 e. The van der Waals surface area contributed by atoms with Crippen LogP contribution in [0.4, 0.5) is 4.79 Å². The predicted molar refractivity (Wildman–Crippen MR) is 80.4 cm³/mol. The highest BCUT2D eigenvalue weighted by atomic mass is 32.1. The third-order valence-electron chi connectivity index (χ3n) is 4.21. The van der Waals surface area contributed by atoms with E-state index in [0.29, 0.717) is 6.54 Å². The summed E-state index contributed by atoms with van der Waals surface area (Å²) in [6, 6.07) is 0.815. The Balaban J connectivity index is 1.71. The SMILES string of the molecule is CC(CC1CC1)NC(=O)N1CCc2sccc2C1C(=O)O. The van der Waals surface area contributed by atoms with Crippen molar-refractivity contribution in [2.75, 3.05) is 6.54 Å². The molecule has 1 saturated carbocycles. The smallest absolute Gasteiger partial charge is 0.331 e. The minimum absolute atomic E-state index is 0.100. The zero-order valence-electron chi connectivity index (χ0n) is 12.0. The number of rotatable bonds is 4. The van der Waals surface area contributed by atoms with Crippen LogP contribution in [-0.4, -0.2) is 34.6 Å². The van der Waals surface area contributed by atoms with E-state index in [1.165, 1.54) is 17.7 Å². The average Bonchev–Trinajstić information content (AvgIpc) is 3.10. The Bertz CT molecular complexity index is 553. The molecule has 0 aromatic carbocycles. The number of urea groups is 1. The molecule has 3 rings (SSSR count). The summed E-state index contributed by atoms with van der Waals surface area (Å²) in [7, 11) is 0. The number of hydrogen-bond acceptors (Lipinski definition) is 3. The van der Waals surface area contributed by atoms with Crippen LogP contribution in [-0.2, 0) is 11.2 Å². The van der Waals surface area contributed by atoms with Crippen LogP contribution in [0.2, 0.25) is 0 Å². The minimum atomic E-state index is -0.959. The Morgan fingerprint density at radius 1 is 1.52 bits per heavy atom. The Hall–Kier alpha value is -1.56. The van der Waals surface area contributed by atoms with Gasteiger partial charge in [0.2, 0.25) is 0 Å². The summed E-state index contributed by atoms with van der Waals surface area (Å²) in [5.74, 6) is -0.222. The van der Waals surface area contributed by atoms with Crippen LogP contribution in [0.5, 0.6) is 0 Å². The first kappa shape index (κ1) is 14.4. The molecule has 2 unspecified atom stereocenters. The summed E-state index contributed by atoms with van der Waals surface area (Å²) in [4.78, 5) is 26.5. The predicted octanol–water partition coefficient (Wildman–Crippen LogP) is 2.63. The van der Waals surface area contributed by atoms with Crippen molar-refractivity contribution in [2.24, 2.45) is 5.92 Å². The maximum absolute atomic E-state index is 12.4. The fourth-order valence-corrected chi connectivity index (χ4v) is 3.91. The second-order valence-electron chi connectivity index (χ2n) is 6.01. The fourth-order valence-electron chi connectivity index (χ4n) is 3.01. The van der Waals surface area contributed by atoms with Crippen LogP contribution in [0, 0.1) is 5.92 Å². The van der Waals surface area contributed by atoms with E-state index in [-0.39, 0.29) is 12.1 Å². The van der Waals surface area contributed by atoms with Crippen LogP contribution >= 0.6 is 11.3 Å². The lowest BCUT2D eigenvalue weighted by atomic mass is 10.0. The number of hydrogen-bond donors (Lipinski definition) is 2. The van der Waals surface area contributed by atoms with E-state index in [0.717, 1.165) is 29.2 Å². The fraction of sp³-hybridized carbons (Fsp3) is 0.600. The topological polar surface area (TPSA) is 69.6 Å². The third kappa shape index (κ3) is 3.05. The monoisotopic (exact) mass is 308 g/mol. The van der Waals surface area contributed by atoms with Gasteiger partial charge in [0.25, 0.3) is 0 Å². The van der Waals surface area contributed by atoms with Crippen molar-refractivity contribution in [1.29, 1.82) is 0 Å². The van der Waals surface area contributed by atoms with E-state index in [1.807, 2.05) is 18.4 Å². The van der Waals surface area contributed by atoms with Crippen LogP contribution in [0.3, 0.4) is 0 Å². The molecule has 2 heterocycles. The zero-order valence-corrected chi connectivity index (χ0v) is 12.9. The Morgan fingerprint density at radius 3 is 2.95 bits per heavy atom. The van der Waals surface area contributed by atoms with Crippen molar-refractivity contribution in [3.63, 3.8) is 0 Å². The van der Waals surface area contributed by atoms with Crippen molar-refractivity contribution in [1.82, 2.24) is 10.2 Å². The van der Waals surface area contributed by atoms with Crippen molar-refractivity contribution < 1.29 is 14.7 Å². The van der Waals surface area contributed by atoms with Crippen LogP contribution < -0.4 is 5.32 Å². The molecule has 114 valence electrons. The second-order valence-corrected chi connectivity index (χ2v) is 7.01. The molecule has 0 spiro atoms. The lowest BCUT2D eigenvalue weighted by Crippen LogP contribution is -2.50. The molecule has 1 aliphatic carbocycles. The third-order valence-corrected chi connectivity index (χ3v) is 5.21. The van der Waals surface area contributed by atoms with Crippen molar-refractivity contribution in [3.05, 3.63) is 21.9 Å². The molecule has 1 fully saturated rings. The van der Waals surface area contributed by atoms with Gasteiger partial charge in [0.1, 0.15) is 0 Å². The average molecular weight is 308 g/mol. The molecule has 6 heteroatoms. The van der Waals surface area contributed by atoms with E-state index >= 15 is 0 Å². The summed E-state index contributed by atoms with van der Waals surface area (Å²) < 4.78 is 0. The van der Waals surface area contributed by atoms with Gasteiger partial charge in [-0.05, 0) is 42.7 Å². The number of carboxylic acid groups (broad SMARTS) is 1. The molecule has 2 N–H and O–H groups in total. The number of nitrogens with zero attached hydrogens (tertiary/aromatic N) is 1. The van der Waals surface area contributed by atoms with Crippen molar-refractivity contribution in [2.45, 2.75) is 44.7 Å². The number of fused-ring (bicyclic) bond motifs is 1. The van der Waals surface area contributed by atoms with Gasteiger partial charge in [-0.3, -0.25) is 0 Å². The van der Waals surface area contributed by atoms with E-state index in [4.69, 9.17) is 0 Å². The number of nitrogens with one attached hydrogen (secondary N) is 1. The lowest BCUT2D eigenvalue weighted by Gasteiger charge is -2.34. The molecule has 0 bridgehead atoms. The number of amides is 2. The second kappa shape index (κ2) is 5.67. The number of carboxylic acids is 1. The van der Waals surface area contributed by atoms with E-state index < -0.39 is 12.0 Å². The molecule has 0 saturated heterocycles. The van der Waals surface area contributed by atoms with Gasteiger partial charge < -0.3 is 15.3 Å². The summed E-state index contributed by atoms with van der Waals surface area (Å²) in [6.07, 6.45) is 4.22. The van der Waals surface area contributed by atoms with Crippen molar-refractivity contribution >= 4 is 23.3 Å². The molecule has 2 amide bonds. The molecular formula is C15H20N2O3S. The number of aliphatic carboxylic acids is 1. The quantitative estimate of drug-likeness (QED) is 0.898. The first-order valence-corrected chi connectivity index (χ1v) is 8.30. The molecule has 1 aromatic heterocycles. The molecule has 0 radical (unpaired) electrons. The van der Waals surface area contributed by atoms with Crippen LogP contribution in [0.15, 0.2) is 11.4 Å². The van der Waals surface area contributed by atoms with Crippen molar-refractivity contribution in [3.8, 4) is 0 Å². The molecule has 2 atom stereocenters. The van der Waals surface area contributed by atoms with Gasteiger partial charge in [-0.15, -0.1) is 11.3 Å². The Morgan fingerprint density at radius 2 is 2.29 bits per heavy atom. The van der Waals surface area contributed by atoms with Crippen LogP contribution in [0.1, 0.15) is 42.7 Å². The normalized spacial score (nSPS) is 22.5. The molecule has 1 aromatic rings. The molecule has 1 aliphatic heterocycles. The Kier molecular flexibility index (Phi) is 3.89. The van der Waals surface area contributed by atoms with Gasteiger partial charge in [0.05, 0.1) is 0 Å². The van der Waals surface area contributed by atoms with Gasteiger partial charge in [-0.2, -0.15) is 0 Å². The largest absolute Gasteiger partial charge is 0.479 e. The molecule has 21 heavy (non-hydrogen) atoms. The summed E-state index contributed by atoms with van der Waals surface area (Å²) in [5, 5.41) is 14.4. The summed E-state index contributed by atoms with van der Waals surface area (Å²) >= 11 is 1.57. The van der Waals surface area contributed by atoms with Gasteiger partial charge >= 0.3 is 12.0 Å². The zero-order chi connectivity index (χ0) is 15.0. The van der Waals surface area contributed by atoms with Gasteiger partial charge in [-0.25, -0.2) is 9.59 Å². The highest BCUT2D eigenvalue weighted by Crippen LogP contribution is 2.35. The first-order chi connectivity index (χ1) is 10.1. The summed E-state index contributed by atoms with van der Waals surface area (Å²) in [5.41, 5.74) is 0.767. The summed E-state index contributed by atoms with van der Waals surface area (Å²) in [6.45, 7) is 2.46. The molecule has 2 aliphatic rings. The number of carbonyl (C=O) groups excluding carboxylic acids is 1. The maximum atomic E-state index is 12.4. The standard InChI is InChI=1S/C15H20N2O3S/c1-9(8-10-2-3-10)16-15(20)17-6-4-12-11(5-7-21-12)13(17)14(18)19/h5,7,9-10,13H,2-4,6,8H2,1H3,(H,16,20)(H,18,19). The first-order valence-electron chi connectivity index (χ1n) is 7.42. The maximum Gasteiger partial charge on any atom is 0.331 e. The van der Waals surface area contributed by atoms with E-state index in [9.17, 15) is 14.7 Å². The van der Waals surface area contributed by atoms with Gasteiger partial charge in [0.15, 0.2) is 6.04 Å². The van der Waals surface area contributed by atoms with E-state index in [2.05, 4.69) is 5.32 Å². The van der Waals surface area contributed by atoms with Crippen LogP contribution in [0.25, 0.3) is 0 Å². The van der Waals surface area contributed by atoms with Gasteiger partial charge in [0, 0.05) is 17.5 Å². The Labute approximate surface area is 128 Å². The molecular weight excluding hydrogens is 288 g/mol. The molecule has 5 nitrogen and oxygen atoms in total. The van der Waals surface area contributed by atoms with Gasteiger partial charge in [-0.1, -0.05) is 12.8 Å². The van der Waals surface area contributed by atoms with E-state index in [1.54, 1.807) is 11.3 Å². The number of carbonyl (C=O) groups is 2. The highest BCUT2D eigenvalue weighted by Gasteiger charge is 2.37.